The topological polar surface area (TPSA) is 92.3 Å². The van der Waals surface area contributed by atoms with Gasteiger partial charge in [-0.3, -0.25) is 9.36 Å². The van der Waals surface area contributed by atoms with Crippen LogP contribution in [-0.4, -0.2) is 30.9 Å². The Bertz CT molecular complexity index is 1900. The van der Waals surface area contributed by atoms with Gasteiger partial charge in [0, 0.05) is 11.6 Å². The molecular weight excluding hydrogens is 585 g/mol. The van der Waals surface area contributed by atoms with Crippen molar-refractivity contribution >= 4 is 23.4 Å². The van der Waals surface area contributed by atoms with Gasteiger partial charge in [-0.05, 0) is 62.7 Å². The van der Waals surface area contributed by atoms with Gasteiger partial charge in [0.1, 0.15) is 11.5 Å². The lowest BCUT2D eigenvalue weighted by Crippen LogP contribution is -2.39. The highest BCUT2D eigenvalue weighted by Gasteiger charge is 2.34. The van der Waals surface area contributed by atoms with Gasteiger partial charge in [-0.1, -0.05) is 29.5 Å². The number of hydrogen-bond donors (Lipinski definition) is 0. The van der Waals surface area contributed by atoms with E-state index in [-0.39, 0.29) is 33.8 Å². The van der Waals surface area contributed by atoms with Crippen LogP contribution in [0.25, 0.3) is 17.4 Å². The van der Waals surface area contributed by atoms with E-state index in [0.717, 1.165) is 23.5 Å². The Hall–Kier alpha value is -4.58. The number of furan rings is 1. The molecule has 0 bridgehead atoms. The van der Waals surface area contributed by atoms with E-state index >= 15 is 0 Å². The molecule has 2 aromatic carbocycles. The summed E-state index contributed by atoms with van der Waals surface area (Å²) in [6.07, 6.45) is -2.99. The summed E-state index contributed by atoms with van der Waals surface area (Å²) < 4.78 is 63.6. The van der Waals surface area contributed by atoms with Crippen molar-refractivity contribution in [1.82, 2.24) is 4.57 Å². The number of methoxy groups -OCH3 is 1. The van der Waals surface area contributed by atoms with Gasteiger partial charge in [0.05, 0.1) is 47.7 Å². The van der Waals surface area contributed by atoms with Crippen LogP contribution in [0.1, 0.15) is 43.7 Å². The molecule has 0 saturated carbocycles. The Morgan fingerprint density at radius 2 is 1.88 bits per heavy atom. The summed E-state index contributed by atoms with van der Waals surface area (Å²) in [6, 6.07) is 12.2. The number of fused-ring (bicyclic) bond motifs is 1. The maximum atomic E-state index is 13.9. The second kappa shape index (κ2) is 12.0. The number of halogens is 3. The standard InChI is InChI=1S/C31H27F3N2O6S/c1-5-40-24-15-19(10-12-23(24)39-4)27-26(29(38)41-6-2)17(3)35-30-36(27)28(37)25(43-30)16-21-11-13-22(42-21)18-8-7-9-20(14-18)31(32,33)34/h7-16,27H,5-6H2,1-4H3/b25-16-/t27-/m0/s1. The molecular formula is C31H27F3N2O6S. The Morgan fingerprint density at radius 1 is 1.09 bits per heavy atom. The van der Waals surface area contributed by atoms with Crippen molar-refractivity contribution in [3.8, 4) is 22.8 Å². The number of rotatable bonds is 8. The number of benzene rings is 2. The molecule has 3 heterocycles. The first kappa shape index (κ1) is 29.9. The second-order valence-corrected chi connectivity index (χ2v) is 10.4. The van der Waals surface area contributed by atoms with Crippen LogP contribution in [0.4, 0.5) is 13.2 Å². The number of nitrogens with zero attached hydrogens (tertiary/aromatic N) is 2. The molecule has 0 radical (unpaired) electrons. The Kier molecular flexibility index (Phi) is 8.32. The predicted octanol–water partition coefficient (Wildman–Crippen LogP) is 5.48. The van der Waals surface area contributed by atoms with Crippen LogP contribution in [-0.2, 0) is 15.7 Å². The maximum absolute atomic E-state index is 13.9. The normalized spacial score (nSPS) is 15.2. The van der Waals surface area contributed by atoms with Gasteiger partial charge in [0.25, 0.3) is 5.56 Å². The number of aromatic nitrogens is 1. The first-order valence-corrected chi connectivity index (χ1v) is 14.1. The summed E-state index contributed by atoms with van der Waals surface area (Å²) in [4.78, 5) is 32.0. The van der Waals surface area contributed by atoms with E-state index < -0.39 is 29.3 Å². The van der Waals surface area contributed by atoms with Gasteiger partial charge in [-0.15, -0.1) is 0 Å². The van der Waals surface area contributed by atoms with Gasteiger partial charge in [-0.25, -0.2) is 9.79 Å². The van der Waals surface area contributed by atoms with Crippen molar-refractivity contribution in [3.05, 3.63) is 102 Å². The minimum absolute atomic E-state index is 0.131. The highest BCUT2D eigenvalue weighted by atomic mass is 32.1. The molecule has 0 spiro atoms. The fourth-order valence-electron chi connectivity index (χ4n) is 4.80. The molecule has 4 aromatic rings. The third-order valence-electron chi connectivity index (χ3n) is 6.69. The molecule has 0 fully saturated rings. The van der Waals surface area contributed by atoms with E-state index in [4.69, 9.17) is 18.6 Å². The minimum Gasteiger partial charge on any atom is -0.493 e. The molecule has 5 rings (SSSR count). The van der Waals surface area contributed by atoms with Crippen LogP contribution in [0.5, 0.6) is 11.5 Å². The second-order valence-electron chi connectivity index (χ2n) is 9.43. The van der Waals surface area contributed by atoms with E-state index in [9.17, 15) is 22.8 Å². The van der Waals surface area contributed by atoms with Gasteiger partial charge < -0.3 is 18.6 Å². The van der Waals surface area contributed by atoms with Gasteiger partial charge in [0.15, 0.2) is 16.3 Å². The van der Waals surface area contributed by atoms with Gasteiger partial charge in [0.2, 0.25) is 0 Å². The zero-order chi connectivity index (χ0) is 30.9. The van der Waals surface area contributed by atoms with E-state index in [1.165, 1.54) is 36.0 Å². The number of hydrogen-bond acceptors (Lipinski definition) is 8. The number of ether oxygens (including phenoxy) is 3. The van der Waals surface area contributed by atoms with Gasteiger partial charge >= 0.3 is 12.1 Å². The predicted molar refractivity (Wildman–Crippen MR) is 154 cm³/mol. The number of thiazole rings is 1. The summed E-state index contributed by atoms with van der Waals surface area (Å²) in [5.74, 6) is 0.809. The first-order valence-electron chi connectivity index (χ1n) is 13.3. The van der Waals surface area contributed by atoms with Crippen molar-refractivity contribution in [2.75, 3.05) is 20.3 Å². The molecule has 1 aliphatic rings. The minimum atomic E-state index is -4.50. The largest absolute Gasteiger partial charge is 0.493 e. The maximum Gasteiger partial charge on any atom is 0.416 e. The van der Waals surface area contributed by atoms with E-state index in [1.807, 2.05) is 6.92 Å². The molecule has 0 unspecified atom stereocenters. The molecule has 2 aromatic heterocycles. The smallest absolute Gasteiger partial charge is 0.416 e. The lowest BCUT2D eigenvalue weighted by molar-refractivity contribution is -0.139. The third kappa shape index (κ3) is 5.87. The van der Waals surface area contributed by atoms with E-state index in [2.05, 4.69) is 4.99 Å². The number of alkyl halides is 3. The van der Waals surface area contributed by atoms with Crippen molar-refractivity contribution < 1.29 is 36.6 Å². The Morgan fingerprint density at radius 3 is 2.58 bits per heavy atom. The summed E-state index contributed by atoms with van der Waals surface area (Å²) in [7, 11) is 1.52. The summed E-state index contributed by atoms with van der Waals surface area (Å²) in [5, 5.41) is 0. The quantitative estimate of drug-likeness (QED) is 0.245. The molecule has 12 heteroatoms. The van der Waals surface area contributed by atoms with E-state index in [0.29, 0.717) is 34.2 Å². The fourth-order valence-corrected chi connectivity index (χ4v) is 5.83. The highest BCUT2D eigenvalue weighted by molar-refractivity contribution is 7.07. The SMILES string of the molecule is CCOC(=O)C1=C(C)N=c2s/c(=C\c3ccc(-c4cccc(C(F)(F)F)c4)o3)c(=O)n2[C@H]1c1ccc(OC)c(OCC)c1. The summed E-state index contributed by atoms with van der Waals surface area (Å²) >= 11 is 1.10. The average Bonchev–Trinajstić information content (AvgIpc) is 3.56. The van der Waals surface area contributed by atoms with Crippen molar-refractivity contribution in [1.29, 1.82) is 0 Å². The average molecular weight is 613 g/mol. The van der Waals surface area contributed by atoms with Crippen LogP contribution < -0.4 is 24.4 Å². The molecule has 43 heavy (non-hydrogen) atoms. The lowest BCUT2D eigenvalue weighted by atomic mass is 9.95. The number of esters is 1. The van der Waals surface area contributed by atoms with Crippen LogP contribution in [0.3, 0.4) is 0 Å². The van der Waals surface area contributed by atoms with E-state index in [1.54, 1.807) is 38.1 Å². The molecule has 8 nitrogen and oxygen atoms in total. The molecule has 1 aliphatic heterocycles. The van der Waals surface area contributed by atoms with Crippen molar-refractivity contribution in [2.45, 2.75) is 33.0 Å². The molecule has 0 amide bonds. The van der Waals surface area contributed by atoms with Crippen LogP contribution in [0.2, 0.25) is 0 Å². The zero-order valence-corrected chi connectivity index (χ0v) is 24.5. The molecule has 224 valence electrons. The molecule has 0 aliphatic carbocycles. The molecule has 0 saturated heterocycles. The fraction of sp³-hybridized carbons (Fsp3) is 0.258. The summed E-state index contributed by atoms with van der Waals surface area (Å²) in [5.41, 5.74) is 0.200. The van der Waals surface area contributed by atoms with Crippen LogP contribution in [0.15, 0.2) is 80.1 Å². The zero-order valence-electron chi connectivity index (χ0n) is 23.7. The Labute approximate surface area is 248 Å². The Balaban J connectivity index is 1.63. The van der Waals surface area contributed by atoms with Gasteiger partial charge in [-0.2, -0.15) is 13.2 Å². The third-order valence-corrected chi connectivity index (χ3v) is 7.68. The number of allylic oxidation sites excluding steroid dienone is 1. The van der Waals surface area contributed by atoms with Crippen molar-refractivity contribution in [2.24, 2.45) is 4.99 Å². The number of carbonyl (C=O) groups is 1. The van der Waals surface area contributed by atoms with Crippen molar-refractivity contribution in [3.63, 3.8) is 0 Å². The number of carbonyl (C=O) groups excluding carboxylic acids is 1. The van der Waals surface area contributed by atoms with Crippen LogP contribution >= 0.6 is 11.3 Å². The molecule has 1 atom stereocenters. The summed E-state index contributed by atoms with van der Waals surface area (Å²) in [6.45, 7) is 5.70. The monoisotopic (exact) mass is 612 g/mol. The highest BCUT2D eigenvalue weighted by Crippen LogP contribution is 2.36. The van der Waals surface area contributed by atoms with Crippen LogP contribution in [0, 0.1) is 0 Å². The lowest BCUT2D eigenvalue weighted by Gasteiger charge is -2.25. The molecule has 0 N–H and O–H groups in total. The first-order chi connectivity index (χ1) is 20.5.